The van der Waals surface area contributed by atoms with Gasteiger partial charge >= 0.3 is 0 Å². The maximum absolute atomic E-state index is 11.7. The van der Waals surface area contributed by atoms with E-state index in [4.69, 9.17) is 9.47 Å². The van der Waals surface area contributed by atoms with E-state index in [1.807, 2.05) is 18.2 Å². The Morgan fingerprint density at radius 3 is 2.90 bits per heavy atom. The number of aliphatic hydroxyl groups is 1. The summed E-state index contributed by atoms with van der Waals surface area (Å²) in [5, 5.41) is 12.1. The number of fused-ring (bicyclic) bond motifs is 1. The summed E-state index contributed by atoms with van der Waals surface area (Å²) in [4.78, 5) is 11.7. The largest absolute Gasteiger partial charge is 0.454 e. The summed E-state index contributed by atoms with van der Waals surface area (Å²) in [7, 11) is 0. The second kappa shape index (κ2) is 5.71. The maximum atomic E-state index is 11.7. The lowest BCUT2D eigenvalue weighted by Crippen LogP contribution is -2.38. The Hall–Kier alpha value is -1.75. The first-order valence-corrected chi connectivity index (χ1v) is 7.04. The zero-order chi connectivity index (χ0) is 13.9. The van der Waals surface area contributed by atoms with Gasteiger partial charge in [-0.2, -0.15) is 0 Å². The van der Waals surface area contributed by atoms with Crippen LogP contribution in [0.4, 0.5) is 0 Å². The molecule has 0 atom stereocenters. The molecule has 2 N–H and O–H groups in total. The van der Waals surface area contributed by atoms with E-state index in [-0.39, 0.29) is 18.8 Å². The number of benzene rings is 1. The predicted octanol–water partition coefficient (Wildman–Crippen LogP) is 1.23. The van der Waals surface area contributed by atoms with E-state index in [0.717, 1.165) is 29.9 Å². The van der Waals surface area contributed by atoms with Crippen molar-refractivity contribution in [1.82, 2.24) is 5.32 Å². The number of nitrogens with one attached hydrogen (secondary N) is 1. The lowest BCUT2D eigenvalue weighted by molar-refractivity contribution is -0.121. The Kier molecular flexibility index (Phi) is 3.78. The third-order valence-electron chi connectivity index (χ3n) is 3.88. The summed E-state index contributed by atoms with van der Waals surface area (Å²) in [6, 6.07) is 5.77. The number of carbonyl (C=O) groups excluding carboxylic acids is 1. The molecule has 20 heavy (non-hydrogen) atoms. The van der Waals surface area contributed by atoms with Gasteiger partial charge in [0.15, 0.2) is 11.5 Å². The average Bonchev–Trinajstić information content (AvgIpc) is 2.87. The number of aliphatic hydroxyl groups excluding tert-OH is 1. The topological polar surface area (TPSA) is 67.8 Å². The lowest BCUT2D eigenvalue weighted by atomic mass is 9.82. The molecule has 0 aromatic heterocycles. The van der Waals surface area contributed by atoms with Crippen molar-refractivity contribution in [3.8, 4) is 11.5 Å². The molecule has 0 spiro atoms. The van der Waals surface area contributed by atoms with Crippen LogP contribution in [-0.2, 0) is 11.2 Å². The second-order valence-electron chi connectivity index (χ2n) is 5.48. The highest BCUT2D eigenvalue weighted by Gasteiger charge is 2.27. The van der Waals surface area contributed by atoms with Gasteiger partial charge < -0.3 is 19.9 Å². The molecule has 0 saturated heterocycles. The van der Waals surface area contributed by atoms with Crippen LogP contribution in [0.5, 0.6) is 11.5 Å². The minimum absolute atomic E-state index is 0.0593. The first-order valence-electron chi connectivity index (χ1n) is 7.04. The fourth-order valence-electron chi connectivity index (χ4n) is 2.57. The van der Waals surface area contributed by atoms with Gasteiger partial charge in [-0.05, 0) is 42.9 Å². The van der Waals surface area contributed by atoms with E-state index in [1.165, 1.54) is 0 Å². The van der Waals surface area contributed by atoms with Crippen molar-refractivity contribution in [2.75, 3.05) is 13.3 Å². The minimum atomic E-state index is -0.162. The molecule has 1 amide bonds. The first-order chi connectivity index (χ1) is 9.70. The number of carbonyl (C=O) groups is 1. The van der Waals surface area contributed by atoms with Crippen LogP contribution in [0.15, 0.2) is 18.2 Å². The summed E-state index contributed by atoms with van der Waals surface area (Å²) >= 11 is 0. The monoisotopic (exact) mass is 277 g/mol. The molecule has 2 aliphatic rings. The van der Waals surface area contributed by atoms with E-state index in [9.17, 15) is 9.90 Å². The van der Waals surface area contributed by atoms with Crippen LogP contribution in [0.3, 0.4) is 0 Å². The smallest absolute Gasteiger partial charge is 0.231 e. The summed E-state index contributed by atoms with van der Waals surface area (Å²) in [6.45, 7) is 0.948. The SMILES string of the molecule is O=C(CCc1ccc2c(c1)OCO2)NCC1CC(O)C1. The average molecular weight is 277 g/mol. The van der Waals surface area contributed by atoms with Crippen molar-refractivity contribution in [3.63, 3.8) is 0 Å². The van der Waals surface area contributed by atoms with Gasteiger partial charge in [-0.3, -0.25) is 4.79 Å². The predicted molar refractivity (Wildman–Crippen MR) is 72.6 cm³/mol. The molecule has 0 bridgehead atoms. The molecule has 1 heterocycles. The van der Waals surface area contributed by atoms with Crippen LogP contribution in [0.2, 0.25) is 0 Å². The first kappa shape index (κ1) is 13.2. The molecule has 5 nitrogen and oxygen atoms in total. The van der Waals surface area contributed by atoms with Gasteiger partial charge in [0.05, 0.1) is 6.10 Å². The Balaban J connectivity index is 1.41. The van der Waals surface area contributed by atoms with Crippen LogP contribution in [-0.4, -0.2) is 30.5 Å². The molecule has 1 aliphatic carbocycles. The summed E-state index contributed by atoms with van der Waals surface area (Å²) < 4.78 is 10.6. The highest BCUT2D eigenvalue weighted by Crippen LogP contribution is 2.32. The molecule has 108 valence electrons. The second-order valence-corrected chi connectivity index (χ2v) is 5.48. The molecule has 3 rings (SSSR count). The maximum Gasteiger partial charge on any atom is 0.231 e. The lowest BCUT2D eigenvalue weighted by Gasteiger charge is -2.31. The third kappa shape index (κ3) is 3.04. The Bertz CT molecular complexity index is 497. The summed E-state index contributed by atoms with van der Waals surface area (Å²) in [6.07, 6.45) is 2.61. The Morgan fingerprint density at radius 1 is 1.30 bits per heavy atom. The molecule has 5 heteroatoms. The van der Waals surface area contributed by atoms with Crippen molar-refractivity contribution in [2.45, 2.75) is 31.8 Å². The van der Waals surface area contributed by atoms with E-state index >= 15 is 0 Å². The fraction of sp³-hybridized carbons (Fsp3) is 0.533. The quantitative estimate of drug-likeness (QED) is 0.849. The number of rotatable bonds is 5. The number of hydrogen-bond donors (Lipinski definition) is 2. The molecule has 1 fully saturated rings. The number of aryl methyl sites for hydroxylation is 1. The van der Waals surface area contributed by atoms with Crippen LogP contribution >= 0.6 is 0 Å². The minimum Gasteiger partial charge on any atom is -0.454 e. The van der Waals surface area contributed by atoms with Gasteiger partial charge in [-0.1, -0.05) is 6.07 Å². The van der Waals surface area contributed by atoms with Crippen molar-refractivity contribution in [3.05, 3.63) is 23.8 Å². The number of ether oxygens (including phenoxy) is 2. The van der Waals surface area contributed by atoms with Gasteiger partial charge in [0, 0.05) is 13.0 Å². The van der Waals surface area contributed by atoms with Gasteiger partial charge in [0.1, 0.15) is 0 Å². The highest BCUT2D eigenvalue weighted by atomic mass is 16.7. The third-order valence-corrected chi connectivity index (χ3v) is 3.88. The summed E-state index contributed by atoms with van der Waals surface area (Å²) in [5.41, 5.74) is 1.07. The van der Waals surface area contributed by atoms with Crippen LogP contribution in [0, 0.1) is 5.92 Å². The highest BCUT2D eigenvalue weighted by molar-refractivity contribution is 5.76. The van der Waals surface area contributed by atoms with E-state index in [2.05, 4.69) is 5.32 Å². The molecule has 0 unspecified atom stereocenters. The Labute approximate surface area is 117 Å². The van der Waals surface area contributed by atoms with Gasteiger partial charge in [-0.15, -0.1) is 0 Å². The van der Waals surface area contributed by atoms with E-state index in [0.29, 0.717) is 25.3 Å². The molecular weight excluding hydrogens is 258 g/mol. The summed E-state index contributed by atoms with van der Waals surface area (Å²) in [5.74, 6) is 2.02. The zero-order valence-corrected chi connectivity index (χ0v) is 11.3. The molecule has 1 aromatic carbocycles. The number of hydrogen-bond acceptors (Lipinski definition) is 4. The van der Waals surface area contributed by atoms with Crippen molar-refractivity contribution in [2.24, 2.45) is 5.92 Å². The van der Waals surface area contributed by atoms with Crippen molar-refractivity contribution < 1.29 is 19.4 Å². The van der Waals surface area contributed by atoms with Gasteiger partial charge in [-0.25, -0.2) is 0 Å². The van der Waals surface area contributed by atoms with Crippen LogP contribution in [0.25, 0.3) is 0 Å². The van der Waals surface area contributed by atoms with Crippen LogP contribution < -0.4 is 14.8 Å². The van der Waals surface area contributed by atoms with Gasteiger partial charge in [0.2, 0.25) is 12.7 Å². The van der Waals surface area contributed by atoms with E-state index in [1.54, 1.807) is 0 Å². The van der Waals surface area contributed by atoms with Crippen LogP contribution in [0.1, 0.15) is 24.8 Å². The van der Waals surface area contributed by atoms with Crippen molar-refractivity contribution >= 4 is 5.91 Å². The Morgan fingerprint density at radius 2 is 2.10 bits per heavy atom. The molecule has 1 saturated carbocycles. The fourth-order valence-corrected chi connectivity index (χ4v) is 2.57. The standard InChI is InChI=1S/C15H19NO4/c17-12-5-11(6-12)8-16-15(18)4-2-10-1-3-13-14(7-10)20-9-19-13/h1,3,7,11-12,17H,2,4-6,8-9H2,(H,16,18). The zero-order valence-electron chi connectivity index (χ0n) is 11.3. The van der Waals surface area contributed by atoms with Crippen molar-refractivity contribution in [1.29, 1.82) is 0 Å². The normalized spacial score (nSPS) is 23.2. The molecule has 1 aliphatic heterocycles. The van der Waals surface area contributed by atoms with Gasteiger partial charge in [0.25, 0.3) is 0 Å². The van der Waals surface area contributed by atoms with E-state index < -0.39 is 0 Å². The number of amides is 1. The molecule has 0 radical (unpaired) electrons. The molecule has 1 aromatic rings. The molecular formula is C15H19NO4.